The average Bonchev–Trinajstić information content (AvgIpc) is 3.70. The van der Waals surface area contributed by atoms with Crippen LogP contribution in [-0.2, 0) is 16.1 Å². The van der Waals surface area contributed by atoms with Gasteiger partial charge in [0.05, 0.1) is 11.5 Å². The number of phenols is 1. The molecule has 0 radical (unpaired) electrons. The maximum absolute atomic E-state index is 13.1. The smallest absolute Gasteiger partial charge is 0.255 e. The molecule has 2 N–H and O–H groups in total. The number of phenolic OH excluding ortho intramolecular Hbond substituents is 1. The minimum absolute atomic E-state index is 0.135. The Morgan fingerprint density at radius 1 is 0.852 bits per heavy atom. The van der Waals surface area contributed by atoms with Gasteiger partial charge in [-0.2, -0.15) is 0 Å². The van der Waals surface area contributed by atoms with E-state index in [0.29, 0.717) is 25.1 Å². The minimum Gasteiger partial charge on any atom is -0.508 e. The van der Waals surface area contributed by atoms with E-state index >= 15 is 0 Å². The Kier molecular flexibility index (Phi) is 10.2. The van der Waals surface area contributed by atoms with E-state index in [1.54, 1.807) is 28.4 Å². The number of aryl methyl sites for hydroxylation is 1. The van der Waals surface area contributed by atoms with Crippen LogP contribution in [0.25, 0.3) is 20.5 Å². The molecule has 11 heteroatoms. The summed E-state index contributed by atoms with van der Waals surface area (Å²) in [5.74, 6) is 1.78. The molecule has 3 amide bonds. The van der Waals surface area contributed by atoms with Crippen LogP contribution in [-0.4, -0.2) is 78.0 Å². The first kappa shape index (κ1) is 35.6. The van der Waals surface area contributed by atoms with Gasteiger partial charge in [0.15, 0.2) is 5.75 Å². The molecule has 278 valence electrons. The summed E-state index contributed by atoms with van der Waals surface area (Å²) in [6, 6.07) is 27.0. The van der Waals surface area contributed by atoms with Crippen LogP contribution < -0.4 is 19.7 Å². The first-order valence-corrected chi connectivity index (χ1v) is 19.6. The number of anilines is 1. The van der Waals surface area contributed by atoms with Crippen molar-refractivity contribution in [2.24, 2.45) is 0 Å². The van der Waals surface area contributed by atoms with E-state index in [-0.39, 0.29) is 29.9 Å². The number of piperidine rings is 1. The van der Waals surface area contributed by atoms with E-state index < -0.39 is 6.04 Å². The van der Waals surface area contributed by atoms with Gasteiger partial charge in [-0.25, -0.2) is 0 Å². The molecule has 8 rings (SSSR count). The zero-order valence-electron chi connectivity index (χ0n) is 30.4. The molecule has 0 spiro atoms. The number of fused-ring (bicyclic) bond motifs is 2. The number of carbonyl (C=O) groups excluding carboxylic acids is 3. The summed E-state index contributed by atoms with van der Waals surface area (Å²) < 4.78 is 13.5. The zero-order chi connectivity index (χ0) is 37.2. The molecule has 1 unspecified atom stereocenters. The fourth-order valence-corrected chi connectivity index (χ4v) is 8.74. The van der Waals surface area contributed by atoms with Crippen LogP contribution in [0.1, 0.15) is 53.6 Å². The van der Waals surface area contributed by atoms with Crippen molar-refractivity contribution in [2.75, 3.05) is 44.2 Å². The Morgan fingerprint density at radius 3 is 2.41 bits per heavy atom. The molecule has 10 nitrogen and oxygen atoms in total. The number of piperazine rings is 1. The molecule has 4 aromatic carbocycles. The number of hydrogen-bond donors (Lipinski definition) is 2. The third kappa shape index (κ3) is 7.65. The highest BCUT2D eigenvalue weighted by molar-refractivity contribution is 7.22. The molecule has 4 heterocycles. The highest BCUT2D eigenvalue weighted by atomic mass is 32.1. The highest BCUT2D eigenvalue weighted by Crippen LogP contribution is 2.47. The summed E-state index contributed by atoms with van der Waals surface area (Å²) in [6.45, 7) is 8.00. The third-order valence-corrected chi connectivity index (χ3v) is 11.8. The molecule has 3 aliphatic heterocycles. The van der Waals surface area contributed by atoms with Gasteiger partial charge in [0.1, 0.15) is 23.3 Å². The summed E-state index contributed by atoms with van der Waals surface area (Å²) in [6.07, 6.45) is 3.81. The number of unbranched alkanes of at least 4 members (excludes halogenated alkanes) is 2. The molecule has 0 saturated carbocycles. The monoisotopic (exact) mass is 744 g/mol. The summed E-state index contributed by atoms with van der Waals surface area (Å²) in [5.41, 5.74) is 4.98. The normalized spacial score (nSPS) is 17.6. The lowest BCUT2D eigenvalue weighted by atomic mass is 10.0. The number of rotatable bonds is 12. The Labute approximate surface area is 318 Å². The molecule has 54 heavy (non-hydrogen) atoms. The van der Waals surface area contributed by atoms with Gasteiger partial charge in [0.25, 0.3) is 5.91 Å². The van der Waals surface area contributed by atoms with Crippen molar-refractivity contribution in [3.8, 4) is 33.4 Å². The minimum atomic E-state index is -0.594. The first-order valence-electron chi connectivity index (χ1n) is 18.8. The van der Waals surface area contributed by atoms with Gasteiger partial charge in [-0.3, -0.25) is 24.6 Å². The molecule has 2 fully saturated rings. The Morgan fingerprint density at radius 2 is 1.63 bits per heavy atom. The molecule has 0 bridgehead atoms. The lowest BCUT2D eigenvalue weighted by Crippen LogP contribution is -2.52. The predicted octanol–water partition coefficient (Wildman–Crippen LogP) is 7.51. The number of imide groups is 1. The second-order valence-electron chi connectivity index (χ2n) is 14.4. The van der Waals surface area contributed by atoms with Gasteiger partial charge >= 0.3 is 0 Å². The SMILES string of the molecule is Cc1ccc(-c2sc3cc(O)ccc3c2Oc2ccc(OCCCCCN3CCN(c4ccc5c(c4)CN(C4CCC(=O)NC4=O)C5=O)CC3)cc2)cc1. The number of carbonyl (C=O) groups is 3. The number of ether oxygens (including phenoxy) is 2. The largest absolute Gasteiger partial charge is 0.508 e. The average molecular weight is 745 g/mol. The number of nitrogens with one attached hydrogen (secondary N) is 1. The summed E-state index contributed by atoms with van der Waals surface area (Å²) in [7, 11) is 0. The maximum atomic E-state index is 13.1. The van der Waals surface area contributed by atoms with Gasteiger partial charge in [0, 0.05) is 60.5 Å². The van der Waals surface area contributed by atoms with Crippen LogP contribution in [0.5, 0.6) is 23.0 Å². The fourth-order valence-electron chi connectivity index (χ4n) is 7.57. The second-order valence-corrected chi connectivity index (χ2v) is 15.4. The van der Waals surface area contributed by atoms with Crippen molar-refractivity contribution in [1.29, 1.82) is 0 Å². The molecular weight excluding hydrogens is 701 g/mol. The lowest BCUT2D eigenvalue weighted by molar-refractivity contribution is -0.136. The summed E-state index contributed by atoms with van der Waals surface area (Å²) in [4.78, 5) is 44.6. The molecule has 2 saturated heterocycles. The van der Waals surface area contributed by atoms with E-state index in [0.717, 1.165) is 101 Å². The lowest BCUT2D eigenvalue weighted by Gasteiger charge is -2.36. The van der Waals surface area contributed by atoms with E-state index in [2.05, 4.69) is 52.4 Å². The maximum Gasteiger partial charge on any atom is 0.255 e. The van der Waals surface area contributed by atoms with E-state index in [1.165, 1.54) is 5.56 Å². The van der Waals surface area contributed by atoms with E-state index in [4.69, 9.17) is 9.47 Å². The van der Waals surface area contributed by atoms with Crippen LogP contribution in [0.2, 0.25) is 0 Å². The molecule has 0 aliphatic carbocycles. The quantitative estimate of drug-likeness (QED) is 0.0999. The van der Waals surface area contributed by atoms with Crippen molar-refractivity contribution in [3.63, 3.8) is 0 Å². The number of thiophene rings is 1. The molecule has 5 aromatic rings. The summed E-state index contributed by atoms with van der Waals surface area (Å²) >= 11 is 1.61. The topological polar surface area (TPSA) is 112 Å². The van der Waals surface area contributed by atoms with Crippen LogP contribution >= 0.6 is 11.3 Å². The molecule has 3 aliphatic rings. The van der Waals surface area contributed by atoms with Crippen LogP contribution in [0.15, 0.2) is 84.9 Å². The molecule has 1 atom stereocenters. The van der Waals surface area contributed by atoms with Crippen molar-refractivity contribution in [2.45, 2.75) is 51.6 Å². The Hall–Kier alpha value is -5.39. The van der Waals surface area contributed by atoms with E-state index in [1.807, 2.05) is 42.5 Å². The zero-order valence-corrected chi connectivity index (χ0v) is 31.2. The van der Waals surface area contributed by atoms with Crippen LogP contribution in [0.4, 0.5) is 5.69 Å². The van der Waals surface area contributed by atoms with Crippen molar-refractivity contribution in [1.82, 2.24) is 15.1 Å². The van der Waals surface area contributed by atoms with Gasteiger partial charge in [-0.1, -0.05) is 29.8 Å². The van der Waals surface area contributed by atoms with Gasteiger partial charge in [-0.15, -0.1) is 11.3 Å². The van der Waals surface area contributed by atoms with Gasteiger partial charge < -0.3 is 24.4 Å². The second kappa shape index (κ2) is 15.5. The van der Waals surface area contributed by atoms with Crippen LogP contribution in [0.3, 0.4) is 0 Å². The Balaban J connectivity index is 0.764. The van der Waals surface area contributed by atoms with E-state index in [9.17, 15) is 19.5 Å². The van der Waals surface area contributed by atoms with Crippen molar-refractivity contribution < 1.29 is 29.0 Å². The molecule has 1 aromatic heterocycles. The van der Waals surface area contributed by atoms with Crippen molar-refractivity contribution >= 4 is 44.8 Å². The number of aromatic hydroxyl groups is 1. The number of amides is 3. The van der Waals surface area contributed by atoms with Crippen molar-refractivity contribution in [3.05, 3.63) is 102 Å². The predicted molar refractivity (Wildman–Crippen MR) is 211 cm³/mol. The fraction of sp³-hybridized carbons (Fsp3) is 0.326. The Bertz CT molecular complexity index is 2180. The number of benzene rings is 4. The molecular formula is C43H44N4O6S. The summed E-state index contributed by atoms with van der Waals surface area (Å²) in [5, 5.41) is 13.4. The standard InChI is InChI=1S/C43H44N4O6S/c1-28-5-7-29(8-6-28)41-40(36-16-10-32(48)26-38(36)54-41)53-34-13-11-33(12-14-34)52-24-4-2-3-19-45-20-22-46(23-21-45)31-9-15-35-30(25-31)27-47(43(35)51)37-17-18-39(49)44-42(37)50/h5-16,25-26,37,48H,2-4,17-24,27H2,1H3,(H,44,49,50). The third-order valence-electron chi connectivity index (χ3n) is 10.6. The number of nitrogens with zero attached hydrogens (tertiary/aromatic N) is 3. The first-order chi connectivity index (χ1) is 26.3. The van der Waals surface area contributed by atoms with Crippen LogP contribution in [0, 0.1) is 6.92 Å². The van der Waals surface area contributed by atoms with Gasteiger partial charge in [0.2, 0.25) is 11.8 Å². The van der Waals surface area contributed by atoms with Gasteiger partial charge in [-0.05, 0) is 111 Å². The highest BCUT2D eigenvalue weighted by Gasteiger charge is 2.39. The number of hydrogen-bond acceptors (Lipinski definition) is 9.